The van der Waals surface area contributed by atoms with Gasteiger partial charge in [0, 0.05) is 24.8 Å². The first-order valence-corrected chi connectivity index (χ1v) is 6.31. The van der Waals surface area contributed by atoms with Crippen LogP contribution in [-0.4, -0.2) is 24.5 Å². The third-order valence-corrected chi connectivity index (χ3v) is 3.22. The Morgan fingerprint density at radius 2 is 2.06 bits per heavy atom. The van der Waals surface area contributed by atoms with E-state index in [1.54, 1.807) is 11.0 Å². The summed E-state index contributed by atoms with van der Waals surface area (Å²) < 4.78 is 3.78. The maximum absolute atomic E-state index is 5.83. The van der Waals surface area contributed by atoms with Gasteiger partial charge in [0.05, 0.1) is 5.69 Å². The van der Waals surface area contributed by atoms with Crippen LogP contribution in [0.25, 0.3) is 0 Å². The van der Waals surface area contributed by atoms with Crippen LogP contribution in [0, 0.1) is 0 Å². The lowest BCUT2D eigenvalue weighted by molar-refractivity contribution is 0.582. The Labute approximate surface area is 107 Å². The standard InChI is InChI=1S/C12H20N6/c1-4-10-9(6-13)11(5-2)18(16-10)7-12-14-8-15-17(12)3/h8H,4-7,13H2,1-3H3. The first-order valence-electron chi connectivity index (χ1n) is 6.31. The lowest BCUT2D eigenvalue weighted by Gasteiger charge is -2.06. The number of aromatic nitrogens is 5. The van der Waals surface area contributed by atoms with Gasteiger partial charge >= 0.3 is 0 Å². The second kappa shape index (κ2) is 5.30. The largest absolute Gasteiger partial charge is 0.326 e. The monoisotopic (exact) mass is 248 g/mol. The molecule has 0 radical (unpaired) electrons. The zero-order valence-electron chi connectivity index (χ0n) is 11.2. The molecule has 0 saturated carbocycles. The summed E-state index contributed by atoms with van der Waals surface area (Å²) in [6, 6.07) is 0. The number of nitrogens with two attached hydrogens (primary N) is 1. The van der Waals surface area contributed by atoms with Gasteiger partial charge in [0.2, 0.25) is 0 Å². The fourth-order valence-corrected chi connectivity index (χ4v) is 2.23. The van der Waals surface area contributed by atoms with Crippen molar-refractivity contribution in [1.82, 2.24) is 24.5 Å². The molecule has 0 aliphatic carbocycles. The summed E-state index contributed by atoms with van der Waals surface area (Å²) in [7, 11) is 1.89. The first-order chi connectivity index (χ1) is 8.71. The summed E-state index contributed by atoms with van der Waals surface area (Å²) >= 11 is 0. The highest BCUT2D eigenvalue weighted by molar-refractivity contribution is 5.27. The lowest BCUT2D eigenvalue weighted by atomic mass is 10.1. The van der Waals surface area contributed by atoms with Crippen LogP contribution in [-0.2, 0) is 33.0 Å². The van der Waals surface area contributed by atoms with Gasteiger partial charge in [-0.1, -0.05) is 13.8 Å². The van der Waals surface area contributed by atoms with Crippen molar-refractivity contribution in [1.29, 1.82) is 0 Å². The predicted octanol–water partition coefficient (Wildman–Crippen LogP) is 0.643. The Bertz CT molecular complexity index is 525. The molecule has 0 bridgehead atoms. The molecule has 2 rings (SSSR count). The van der Waals surface area contributed by atoms with Crippen molar-refractivity contribution in [2.75, 3.05) is 0 Å². The number of aryl methyl sites for hydroxylation is 2. The molecule has 6 nitrogen and oxygen atoms in total. The summed E-state index contributed by atoms with van der Waals surface area (Å²) in [5, 5.41) is 8.72. The minimum Gasteiger partial charge on any atom is -0.326 e. The maximum Gasteiger partial charge on any atom is 0.148 e. The molecule has 0 aromatic carbocycles. The van der Waals surface area contributed by atoms with Crippen LogP contribution >= 0.6 is 0 Å². The quantitative estimate of drug-likeness (QED) is 0.842. The Kier molecular flexibility index (Phi) is 3.76. The van der Waals surface area contributed by atoms with Gasteiger partial charge in [-0.05, 0) is 12.8 Å². The molecular formula is C12H20N6. The van der Waals surface area contributed by atoms with Crippen LogP contribution in [0.4, 0.5) is 0 Å². The Morgan fingerprint density at radius 1 is 1.28 bits per heavy atom. The number of hydrogen-bond donors (Lipinski definition) is 1. The molecule has 0 spiro atoms. The maximum atomic E-state index is 5.83. The molecular weight excluding hydrogens is 228 g/mol. The van der Waals surface area contributed by atoms with Crippen LogP contribution in [0.15, 0.2) is 6.33 Å². The lowest BCUT2D eigenvalue weighted by Crippen LogP contribution is -2.11. The summed E-state index contributed by atoms with van der Waals surface area (Å²) in [6.07, 6.45) is 3.40. The number of nitrogens with zero attached hydrogens (tertiary/aromatic N) is 5. The Balaban J connectivity index is 2.38. The third-order valence-electron chi connectivity index (χ3n) is 3.22. The highest BCUT2D eigenvalue weighted by Crippen LogP contribution is 2.16. The molecule has 6 heteroatoms. The molecule has 98 valence electrons. The van der Waals surface area contributed by atoms with E-state index in [2.05, 4.69) is 29.0 Å². The average molecular weight is 248 g/mol. The van der Waals surface area contributed by atoms with Crippen LogP contribution in [0.2, 0.25) is 0 Å². The normalized spacial score (nSPS) is 11.1. The molecule has 0 aliphatic rings. The Morgan fingerprint density at radius 3 is 2.56 bits per heavy atom. The molecule has 0 saturated heterocycles. The van der Waals surface area contributed by atoms with E-state index in [4.69, 9.17) is 5.73 Å². The van der Waals surface area contributed by atoms with Gasteiger partial charge in [0.25, 0.3) is 0 Å². The molecule has 0 unspecified atom stereocenters. The summed E-state index contributed by atoms with van der Waals surface area (Å²) in [4.78, 5) is 4.24. The van der Waals surface area contributed by atoms with Gasteiger partial charge in [0.1, 0.15) is 18.7 Å². The summed E-state index contributed by atoms with van der Waals surface area (Å²) in [5.41, 5.74) is 9.32. The van der Waals surface area contributed by atoms with E-state index < -0.39 is 0 Å². The summed E-state index contributed by atoms with van der Waals surface area (Å²) in [5.74, 6) is 0.901. The van der Waals surface area contributed by atoms with Crippen molar-refractivity contribution < 1.29 is 0 Å². The molecule has 18 heavy (non-hydrogen) atoms. The zero-order valence-corrected chi connectivity index (χ0v) is 11.2. The van der Waals surface area contributed by atoms with Gasteiger partial charge in [-0.2, -0.15) is 10.2 Å². The minimum absolute atomic E-state index is 0.547. The van der Waals surface area contributed by atoms with Gasteiger partial charge in [0.15, 0.2) is 0 Å². The topological polar surface area (TPSA) is 74.5 Å². The fourth-order valence-electron chi connectivity index (χ4n) is 2.23. The van der Waals surface area contributed by atoms with Crippen molar-refractivity contribution in [2.45, 2.75) is 39.8 Å². The molecule has 0 atom stereocenters. The second-order valence-electron chi connectivity index (χ2n) is 4.24. The van der Waals surface area contributed by atoms with E-state index >= 15 is 0 Å². The predicted molar refractivity (Wildman–Crippen MR) is 69.0 cm³/mol. The van der Waals surface area contributed by atoms with E-state index in [0.29, 0.717) is 13.1 Å². The van der Waals surface area contributed by atoms with Gasteiger partial charge in [-0.15, -0.1) is 0 Å². The van der Waals surface area contributed by atoms with Gasteiger partial charge in [-0.25, -0.2) is 4.98 Å². The van der Waals surface area contributed by atoms with E-state index in [1.807, 2.05) is 11.7 Å². The highest BCUT2D eigenvalue weighted by Gasteiger charge is 2.15. The fraction of sp³-hybridized carbons (Fsp3) is 0.583. The van der Waals surface area contributed by atoms with Crippen molar-refractivity contribution in [3.63, 3.8) is 0 Å². The van der Waals surface area contributed by atoms with Crippen LogP contribution in [0.5, 0.6) is 0 Å². The highest BCUT2D eigenvalue weighted by atomic mass is 15.4. The van der Waals surface area contributed by atoms with Crippen LogP contribution < -0.4 is 5.73 Å². The van der Waals surface area contributed by atoms with Crippen molar-refractivity contribution in [2.24, 2.45) is 12.8 Å². The van der Waals surface area contributed by atoms with Crippen LogP contribution in [0.3, 0.4) is 0 Å². The average Bonchev–Trinajstić information content (AvgIpc) is 2.93. The first kappa shape index (κ1) is 12.8. The van der Waals surface area contributed by atoms with E-state index in [0.717, 1.165) is 24.4 Å². The molecule has 0 aliphatic heterocycles. The molecule has 2 heterocycles. The van der Waals surface area contributed by atoms with Crippen LogP contribution in [0.1, 0.15) is 36.6 Å². The van der Waals surface area contributed by atoms with Gasteiger partial charge in [-0.3, -0.25) is 9.36 Å². The SMILES string of the molecule is CCc1nn(Cc2ncnn2C)c(CC)c1CN. The van der Waals surface area contributed by atoms with E-state index in [9.17, 15) is 0 Å². The molecule has 2 N–H and O–H groups in total. The molecule has 2 aromatic heterocycles. The van der Waals surface area contributed by atoms with Crippen molar-refractivity contribution in [3.8, 4) is 0 Å². The smallest absolute Gasteiger partial charge is 0.148 e. The number of rotatable bonds is 5. The Hall–Kier alpha value is -1.69. The van der Waals surface area contributed by atoms with E-state index in [-0.39, 0.29) is 0 Å². The van der Waals surface area contributed by atoms with Crippen molar-refractivity contribution in [3.05, 3.63) is 29.1 Å². The minimum atomic E-state index is 0.547. The molecule has 0 amide bonds. The van der Waals surface area contributed by atoms with Gasteiger partial charge < -0.3 is 5.73 Å². The third kappa shape index (κ3) is 2.15. The molecule has 2 aromatic rings. The summed E-state index contributed by atoms with van der Waals surface area (Å²) in [6.45, 7) is 5.42. The molecule has 0 fully saturated rings. The zero-order chi connectivity index (χ0) is 13.1. The van der Waals surface area contributed by atoms with Crippen molar-refractivity contribution >= 4 is 0 Å². The second-order valence-corrected chi connectivity index (χ2v) is 4.24. The number of hydrogen-bond acceptors (Lipinski definition) is 4. The van der Waals surface area contributed by atoms with E-state index in [1.165, 1.54) is 11.3 Å².